The number of aromatic amines is 1. The zero-order valence-corrected chi connectivity index (χ0v) is 19.2. The largest absolute Gasteiger partial charge is 0.481 e. The van der Waals surface area contributed by atoms with E-state index in [1.807, 2.05) is 30.5 Å². The molecule has 1 aromatic carbocycles. The van der Waals surface area contributed by atoms with E-state index in [0.29, 0.717) is 5.02 Å². The van der Waals surface area contributed by atoms with E-state index in [4.69, 9.17) is 20.9 Å². The van der Waals surface area contributed by atoms with E-state index in [2.05, 4.69) is 26.4 Å². The van der Waals surface area contributed by atoms with Crippen LogP contribution in [0.3, 0.4) is 0 Å². The molecule has 4 aromatic heterocycles. The van der Waals surface area contributed by atoms with Crippen molar-refractivity contribution in [3.05, 3.63) is 70.3 Å². The first-order chi connectivity index (χ1) is 16.2. The minimum absolute atomic E-state index is 0.173. The fourth-order valence-corrected chi connectivity index (χ4v) is 6.37. The molecule has 0 amide bonds. The van der Waals surface area contributed by atoms with Crippen molar-refractivity contribution in [1.29, 1.82) is 0 Å². The molecule has 6 nitrogen and oxygen atoms in total. The van der Waals surface area contributed by atoms with Gasteiger partial charge in [-0.1, -0.05) is 16.8 Å². The molecule has 164 valence electrons. The molecule has 0 radical (unpaired) electrons. The maximum atomic E-state index is 6.59. The number of hydrogen-bond donors (Lipinski definition) is 1. The number of benzene rings is 1. The Bertz CT molecular complexity index is 1500. The van der Waals surface area contributed by atoms with Crippen LogP contribution in [0.2, 0.25) is 5.02 Å². The van der Waals surface area contributed by atoms with Gasteiger partial charge in [0, 0.05) is 46.1 Å². The molecule has 1 aliphatic heterocycles. The second-order valence-electron chi connectivity index (χ2n) is 8.59. The molecule has 0 fully saturated rings. The lowest BCUT2D eigenvalue weighted by Crippen LogP contribution is -2.08. The third kappa shape index (κ3) is 3.10. The van der Waals surface area contributed by atoms with Crippen molar-refractivity contribution in [3.8, 4) is 27.4 Å². The second-order valence-corrected chi connectivity index (χ2v) is 10.1. The number of aryl methyl sites for hydroxylation is 1. The molecule has 2 aliphatic rings. The molecule has 0 saturated carbocycles. The van der Waals surface area contributed by atoms with E-state index in [9.17, 15) is 0 Å². The van der Waals surface area contributed by atoms with Crippen molar-refractivity contribution in [2.45, 2.75) is 38.2 Å². The van der Waals surface area contributed by atoms with Gasteiger partial charge in [0.2, 0.25) is 0 Å². The van der Waals surface area contributed by atoms with E-state index >= 15 is 0 Å². The Balaban J connectivity index is 1.33. The van der Waals surface area contributed by atoms with Crippen molar-refractivity contribution >= 4 is 33.2 Å². The lowest BCUT2D eigenvalue weighted by Gasteiger charge is -2.14. The van der Waals surface area contributed by atoms with E-state index in [-0.39, 0.29) is 6.10 Å². The fraction of sp³-hybridized carbons (Fsp3) is 0.240. The summed E-state index contributed by atoms with van der Waals surface area (Å²) in [6, 6.07) is 10.1. The number of ether oxygens (including phenoxy) is 1. The smallest absolute Gasteiger partial charge is 0.181 e. The molecule has 33 heavy (non-hydrogen) atoms. The maximum absolute atomic E-state index is 6.59. The van der Waals surface area contributed by atoms with E-state index in [1.165, 1.54) is 18.4 Å². The van der Waals surface area contributed by atoms with Gasteiger partial charge in [-0.3, -0.25) is 10.1 Å². The highest BCUT2D eigenvalue weighted by Gasteiger charge is 2.34. The molecule has 5 aromatic rings. The highest BCUT2D eigenvalue weighted by atomic mass is 35.5. The quantitative estimate of drug-likeness (QED) is 0.321. The standard InChI is InChI=1S/C25H19ClN4O2S/c26-14-9-13-10-21(24-16-3-1-2-4-18(16)30-32-24)31-23(13)17(11-14)15-5-7-27-20-12-22(33-25(15)20)19-6-8-28-29-19/h5-9,11-12,21H,1-4,10H2,(H,28,29)/t21-/m1/s1. The Morgan fingerprint density at radius 1 is 1.06 bits per heavy atom. The van der Waals surface area contributed by atoms with Crippen LogP contribution in [0.5, 0.6) is 5.75 Å². The summed E-state index contributed by atoms with van der Waals surface area (Å²) in [6.07, 6.45) is 8.49. The zero-order valence-electron chi connectivity index (χ0n) is 17.6. The van der Waals surface area contributed by atoms with Crippen LogP contribution in [0.15, 0.2) is 47.2 Å². The van der Waals surface area contributed by atoms with Gasteiger partial charge < -0.3 is 9.26 Å². The van der Waals surface area contributed by atoms with Crippen LogP contribution < -0.4 is 4.74 Å². The molecular weight excluding hydrogens is 456 g/mol. The first-order valence-corrected chi connectivity index (χ1v) is 12.3. The highest BCUT2D eigenvalue weighted by molar-refractivity contribution is 7.22. The van der Waals surface area contributed by atoms with Crippen LogP contribution >= 0.6 is 22.9 Å². The summed E-state index contributed by atoms with van der Waals surface area (Å²) in [5.41, 5.74) is 7.39. The molecule has 0 spiro atoms. The van der Waals surface area contributed by atoms with Gasteiger partial charge in [-0.15, -0.1) is 11.3 Å². The van der Waals surface area contributed by atoms with Crippen LogP contribution in [0.4, 0.5) is 0 Å². The Morgan fingerprint density at radius 2 is 2.00 bits per heavy atom. The number of H-pyrrole nitrogens is 1. The van der Waals surface area contributed by atoms with Crippen molar-refractivity contribution < 1.29 is 9.26 Å². The summed E-state index contributed by atoms with van der Waals surface area (Å²) >= 11 is 8.27. The van der Waals surface area contributed by atoms with Gasteiger partial charge in [-0.25, -0.2) is 0 Å². The average Bonchev–Trinajstić information content (AvgIpc) is 3.62. The number of thiophene rings is 1. The average molecular weight is 475 g/mol. The Morgan fingerprint density at radius 3 is 2.91 bits per heavy atom. The summed E-state index contributed by atoms with van der Waals surface area (Å²) in [7, 11) is 0. The normalized spacial score (nSPS) is 17.2. The predicted octanol–water partition coefficient (Wildman–Crippen LogP) is 6.55. The van der Waals surface area contributed by atoms with E-state index in [0.717, 1.165) is 73.9 Å². The van der Waals surface area contributed by atoms with Crippen LogP contribution in [0, 0.1) is 0 Å². The molecule has 0 saturated heterocycles. The molecule has 5 heterocycles. The minimum atomic E-state index is -0.173. The first kappa shape index (κ1) is 19.3. The number of rotatable bonds is 3. The summed E-state index contributed by atoms with van der Waals surface area (Å²) in [5, 5.41) is 12.2. The topological polar surface area (TPSA) is 76.8 Å². The Labute approximate surface area is 198 Å². The van der Waals surface area contributed by atoms with Crippen molar-refractivity contribution in [2.75, 3.05) is 0 Å². The summed E-state index contributed by atoms with van der Waals surface area (Å²) in [5.74, 6) is 1.75. The highest BCUT2D eigenvalue weighted by Crippen LogP contribution is 2.48. The molecule has 1 N–H and O–H groups in total. The summed E-state index contributed by atoms with van der Waals surface area (Å²) < 4.78 is 13.5. The fourth-order valence-electron chi connectivity index (χ4n) is 5.01. The molecule has 0 unspecified atom stereocenters. The van der Waals surface area contributed by atoms with Crippen molar-refractivity contribution in [2.24, 2.45) is 0 Å². The first-order valence-electron chi connectivity index (χ1n) is 11.1. The number of fused-ring (bicyclic) bond motifs is 3. The molecule has 1 atom stereocenters. The number of nitrogens with zero attached hydrogens (tertiary/aromatic N) is 3. The summed E-state index contributed by atoms with van der Waals surface area (Å²) in [6.45, 7) is 0. The molecule has 8 heteroatoms. The second kappa shape index (κ2) is 7.43. The molecule has 1 aliphatic carbocycles. The molecule has 0 bridgehead atoms. The van der Waals surface area contributed by atoms with Gasteiger partial charge >= 0.3 is 0 Å². The number of pyridine rings is 1. The maximum Gasteiger partial charge on any atom is 0.181 e. The van der Waals surface area contributed by atoms with Crippen LogP contribution in [-0.4, -0.2) is 20.3 Å². The lowest BCUT2D eigenvalue weighted by molar-refractivity contribution is 0.189. The number of aromatic nitrogens is 4. The van der Waals surface area contributed by atoms with Gasteiger partial charge in [0.05, 0.1) is 26.5 Å². The SMILES string of the molecule is Clc1cc2c(c(-c3ccnc4cc(-c5ccn[nH]5)sc34)c1)O[C@@H](c1onc3c1CCCC3)C2. The predicted molar refractivity (Wildman–Crippen MR) is 128 cm³/mol. The van der Waals surface area contributed by atoms with Gasteiger partial charge in [0.1, 0.15) is 5.75 Å². The van der Waals surface area contributed by atoms with Crippen molar-refractivity contribution in [3.63, 3.8) is 0 Å². The van der Waals surface area contributed by atoms with Gasteiger partial charge in [-0.05, 0) is 56.0 Å². The lowest BCUT2D eigenvalue weighted by atomic mass is 9.93. The Hall–Kier alpha value is -3.16. The molecule has 7 rings (SSSR count). The van der Waals surface area contributed by atoms with Gasteiger partial charge in [-0.2, -0.15) is 5.10 Å². The van der Waals surface area contributed by atoms with E-state index in [1.54, 1.807) is 17.5 Å². The monoisotopic (exact) mass is 474 g/mol. The third-order valence-corrected chi connectivity index (χ3v) is 7.96. The number of hydrogen-bond acceptors (Lipinski definition) is 6. The van der Waals surface area contributed by atoms with E-state index < -0.39 is 0 Å². The van der Waals surface area contributed by atoms with Crippen LogP contribution in [0.1, 0.15) is 41.5 Å². The van der Waals surface area contributed by atoms with Crippen LogP contribution in [0.25, 0.3) is 31.9 Å². The van der Waals surface area contributed by atoms with Gasteiger partial charge in [0.15, 0.2) is 11.9 Å². The third-order valence-electron chi connectivity index (χ3n) is 6.55. The molecular formula is C25H19ClN4O2S. The van der Waals surface area contributed by atoms with Crippen LogP contribution in [-0.2, 0) is 19.3 Å². The number of nitrogens with one attached hydrogen (secondary N) is 1. The number of halogens is 1. The van der Waals surface area contributed by atoms with Crippen molar-refractivity contribution in [1.82, 2.24) is 20.3 Å². The zero-order chi connectivity index (χ0) is 21.9. The summed E-state index contributed by atoms with van der Waals surface area (Å²) in [4.78, 5) is 5.69. The van der Waals surface area contributed by atoms with Gasteiger partial charge in [0.25, 0.3) is 0 Å². The minimum Gasteiger partial charge on any atom is -0.481 e. The Kier molecular flexibility index (Phi) is 4.35.